The Kier molecular flexibility index (Phi) is 4.55. The molecule has 4 unspecified atom stereocenters. The summed E-state index contributed by atoms with van der Waals surface area (Å²) < 4.78 is 14.3. The van der Waals surface area contributed by atoms with Gasteiger partial charge >= 0.3 is 6.03 Å². The van der Waals surface area contributed by atoms with E-state index in [1.54, 1.807) is 17.0 Å². The maximum absolute atomic E-state index is 14.3. The van der Waals surface area contributed by atoms with Gasteiger partial charge in [-0.15, -0.1) is 0 Å². The molecule has 3 fully saturated rings. The SMILES string of the molecule is CC1CC2NNC(C3CCC3)C2CN1C(=O)Nc1cccc(C#N)c1F. The lowest BCUT2D eigenvalue weighted by atomic mass is 9.72. The van der Waals surface area contributed by atoms with Gasteiger partial charge in [-0.2, -0.15) is 5.26 Å². The third-order valence-corrected chi connectivity index (χ3v) is 6.23. The van der Waals surface area contributed by atoms with E-state index in [-0.39, 0.29) is 23.3 Å². The highest BCUT2D eigenvalue weighted by Gasteiger charge is 2.47. The average molecular weight is 357 g/mol. The van der Waals surface area contributed by atoms with Crippen molar-refractivity contribution in [1.82, 2.24) is 15.8 Å². The fraction of sp³-hybridized carbons (Fsp3) is 0.579. The molecule has 1 aromatic carbocycles. The van der Waals surface area contributed by atoms with Crippen molar-refractivity contribution in [2.45, 2.75) is 50.7 Å². The number of hydrogen-bond acceptors (Lipinski definition) is 4. The molecule has 1 aliphatic carbocycles. The molecule has 138 valence electrons. The Balaban J connectivity index is 1.48. The predicted molar refractivity (Wildman–Crippen MR) is 95.6 cm³/mol. The summed E-state index contributed by atoms with van der Waals surface area (Å²) in [5, 5.41) is 11.6. The zero-order valence-electron chi connectivity index (χ0n) is 14.8. The number of nitriles is 1. The summed E-state index contributed by atoms with van der Waals surface area (Å²) in [6.07, 6.45) is 4.65. The first-order valence-electron chi connectivity index (χ1n) is 9.35. The van der Waals surface area contributed by atoms with E-state index in [9.17, 15) is 9.18 Å². The van der Waals surface area contributed by atoms with Crippen LogP contribution >= 0.6 is 0 Å². The van der Waals surface area contributed by atoms with Crippen LogP contribution in [0.2, 0.25) is 0 Å². The Bertz CT molecular complexity index is 744. The van der Waals surface area contributed by atoms with Gasteiger partial charge in [0.15, 0.2) is 5.82 Å². The fourth-order valence-electron chi connectivity index (χ4n) is 4.50. The first kappa shape index (κ1) is 17.3. The Labute approximate surface area is 152 Å². The van der Waals surface area contributed by atoms with Crippen LogP contribution in [0.25, 0.3) is 0 Å². The van der Waals surface area contributed by atoms with Crippen molar-refractivity contribution in [3.8, 4) is 6.07 Å². The lowest BCUT2D eigenvalue weighted by molar-refractivity contribution is 0.108. The predicted octanol–water partition coefficient (Wildman–Crippen LogP) is 2.58. The minimum atomic E-state index is -0.678. The number of benzene rings is 1. The number of nitrogens with one attached hydrogen (secondary N) is 3. The topological polar surface area (TPSA) is 80.2 Å². The molecule has 7 heteroatoms. The summed E-state index contributed by atoms with van der Waals surface area (Å²) in [7, 11) is 0. The van der Waals surface area contributed by atoms with Gasteiger partial charge in [-0.3, -0.25) is 10.9 Å². The molecule has 2 aliphatic heterocycles. The van der Waals surface area contributed by atoms with Gasteiger partial charge in [0.05, 0.1) is 11.3 Å². The van der Waals surface area contributed by atoms with Crippen LogP contribution in [-0.4, -0.2) is 35.6 Å². The van der Waals surface area contributed by atoms with E-state index in [1.807, 2.05) is 6.92 Å². The maximum atomic E-state index is 14.3. The molecule has 0 radical (unpaired) electrons. The van der Waals surface area contributed by atoms with E-state index in [4.69, 9.17) is 5.26 Å². The van der Waals surface area contributed by atoms with Crippen LogP contribution in [-0.2, 0) is 0 Å². The fourth-order valence-corrected chi connectivity index (χ4v) is 4.50. The van der Waals surface area contributed by atoms with Gasteiger partial charge < -0.3 is 10.2 Å². The van der Waals surface area contributed by atoms with Crippen molar-refractivity contribution in [2.75, 3.05) is 11.9 Å². The number of anilines is 1. The first-order chi connectivity index (χ1) is 12.6. The number of amides is 2. The standard InChI is InChI=1S/C19H24FN5O/c1-11-8-16-14(18(24-23-16)12-4-2-5-12)10-25(11)19(26)22-15-7-3-6-13(9-21)17(15)20/h3,6-7,11-12,14,16,18,23-24H,2,4-5,8,10H2,1H3,(H,22,26). The largest absolute Gasteiger partial charge is 0.322 e. The van der Waals surface area contributed by atoms with Gasteiger partial charge in [0, 0.05) is 30.6 Å². The van der Waals surface area contributed by atoms with Crippen molar-refractivity contribution in [3.05, 3.63) is 29.6 Å². The molecule has 0 aromatic heterocycles. The van der Waals surface area contributed by atoms with Crippen molar-refractivity contribution in [3.63, 3.8) is 0 Å². The third kappa shape index (κ3) is 2.93. The molecule has 26 heavy (non-hydrogen) atoms. The summed E-state index contributed by atoms with van der Waals surface area (Å²) in [4.78, 5) is 14.6. The number of halogens is 1. The number of hydrazine groups is 1. The molecule has 4 rings (SSSR count). The van der Waals surface area contributed by atoms with Crippen LogP contribution in [0.4, 0.5) is 14.9 Å². The molecule has 0 bridgehead atoms. The lowest BCUT2D eigenvalue weighted by Crippen LogP contribution is -2.55. The van der Waals surface area contributed by atoms with Gasteiger partial charge in [0.25, 0.3) is 0 Å². The number of rotatable bonds is 2. The molecule has 2 heterocycles. The molecular formula is C19H24FN5O. The van der Waals surface area contributed by atoms with Gasteiger partial charge in [-0.25, -0.2) is 9.18 Å². The first-order valence-corrected chi connectivity index (χ1v) is 9.35. The number of carbonyl (C=O) groups is 1. The summed E-state index contributed by atoms with van der Waals surface area (Å²) in [6.45, 7) is 2.68. The number of nitrogens with zero attached hydrogens (tertiary/aromatic N) is 2. The summed E-state index contributed by atoms with van der Waals surface area (Å²) in [5.41, 5.74) is 6.86. The van der Waals surface area contributed by atoms with Crippen LogP contribution in [0.15, 0.2) is 18.2 Å². The average Bonchev–Trinajstić information content (AvgIpc) is 2.97. The number of hydrogen-bond donors (Lipinski definition) is 3. The van der Waals surface area contributed by atoms with Crippen LogP contribution in [0.1, 0.15) is 38.2 Å². The van der Waals surface area contributed by atoms with Crippen LogP contribution in [0, 0.1) is 29.0 Å². The monoisotopic (exact) mass is 357 g/mol. The number of urea groups is 1. The third-order valence-electron chi connectivity index (χ3n) is 6.23. The summed E-state index contributed by atoms with van der Waals surface area (Å²) in [6, 6.07) is 6.80. The number of piperidine rings is 1. The Hall–Kier alpha value is -2.17. The molecule has 1 saturated carbocycles. The van der Waals surface area contributed by atoms with E-state index < -0.39 is 5.82 Å². The molecule has 2 saturated heterocycles. The van der Waals surface area contributed by atoms with Crippen molar-refractivity contribution < 1.29 is 9.18 Å². The summed E-state index contributed by atoms with van der Waals surface area (Å²) >= 11 is 0. The van der Waals surface area contributed by atoms with E-state index in [0.29, 0.717) is 30.5 Å². The van der Waals surface area contributed by atoms with Crippen molar-refractivity contribution in [1.29, 1.82) is 5.26 Å². The maximum Gasteiger partial charge on any atom is 0.322 e. The molecule has 3 N–H and O–H groups in total. The Morgan fingerprint density at radius 1 is 1.38 bits per heavy atom. The molecule has 2 amide bonds. The van der Waals surface area contributed by atoms with Gasteiger partial charge in [0.1, 0.15) is 6.07 Å². The highest BCUT2D eigenvalue weighted by atomic mass is 19.1. The molecular weight excluding hydrogens is 333 g/mol. The second-order valence-corrected chi connectivity index (χ2v) is 7.72. The van der Waals surface area contributed by atoms with E-state index in [2.05, 4.69) is 16.2 Å². The highest BCUT2D eigenvalue weighted by molar-refractivity contribution is 5.90. The molecule has 0 spiro atoms. The Morgan fingerprint density at radius 2 is 2.19 bits per heavy atom. The molecule has 4 atom stereocenters. The molecule has 6 nitrogen and oxygen atoms in total. The van der Waals surface area contributed by atoms with Crippen LogP contribution in [0.3, 0.4) is 0 Å². The number of carbonyl (C=O) groups excluding carboxylic acids is 1. The van der Waals surface area contributed by atoms with Crippen LogP contribution in [0.5, 0.6) is 0 Å². The van der Waals surface area contributed by atoms with Gasteiger partial charge in [-0.1, -0.05) is 12.5 Å². The Morgan fingerprint density at radius 3 is 2.88 bits per heavy atom. The quantitative estimate of drug-likeness (QED) is 0.760. The van der Waals surface area contributed by atoms with Crippen LogP contribution < -0.4 is 16.2 Å². The number of fused-ring (bicyclic) bond motifs is 1. The molecule has 1 aromatic rings. The summed E-state index contributed by atoms with van der Waals surface area (Å²) in [5.74, 6) is 0.376. The van der Waals surface area contributed by atoms with E-state index >= 15 is 0 Å². The van der Waals surface area contributed by atoms with E-state index in [0.717, 1.165) is 6.42 Å². The molecule has 3 aliphatic rings. The normalized spacial score (nSPS) is 31.0. The second kappa shape index (κ2) is 6.86. The minimum absolute atomic E-state index is 0.0570. The number of likely N-dealkylation sites (tertiary alicyclic amines) is 1. The van der Waals surface area contributed by atoms with Gasteiger partial charge in [-0.05, 0) is 44.2 Å². The second-order valence-electron chi connectivity index (χ2n) is 7.72. The lowest BCUT2D eigenvalue weighted by Gasteiger charge is -2.43. The smallest absolute Gasteiger partial charge is 0.321 e. The zero-order chi connectivity index (χ0) is 18.3. The van der Waals surface area contributed by atoms with Gasteiger partial charge in [0.2, 0.25) is 0 Å². The van der Waals surface area contributed by atoms with E-state index in [1.165, 1.54) is 31.4 Å². The minimum Gasteiger partial charge on any atom is -0.321 e. The highest BCUT2D eigenvalue weighted by Crippen LogP contribution is 2.38. The zero-order valence-corrected chi connectivity index (χ0v) is 14.8. The van der Waals surface area contributed by atoms with Crippen molar-refractivity contribution in [2.24, 2.45) is 11.8 Å². The van der Waals surface area contributed by atoms with Crippen molar-refractivity contribution >= 4 is 11.7 Å².